The standard InChI is InChI=1S/C15H21ClN2O5/c1-4-7-23-13-11(16)8-10(9-12(13)21-5-2)14(19)17-18-15(20)22-6-3/h8-9H,4-7H2,1-3H3,(H,17,19)(H,18,20). The Balaban J connectivity index is 2.90. The quantitative estimate of drug-likeness (QED) is 0.743. The SMILES string of the molecule is CCCOc1c(Cl)cc(C(=O)NNC(=O)OCC)cc1OCC. The normalized spacial score (nSPS) is 9.91. The molecule has 2 N–H and O–H groups in total. The maximum absolute atomic E-state index is 12.1. The first-order chi connectivity index (χ1) is 11.0. The highest BCUT2D eigenvalue weighted by Gasteiger charge is 2.16. The smallest absolute Gasteiger partial charge is 0.426 e. The highest BCUT2D eigenvalue weighted by atomic mass is 35.5. The number of halogens is 1. The van der Waals surface area contributed by atoms with Gasteiger partial charge in [-0.2, -0.15) is 0 Å². The summed E-state index contributed by atoms with van der Waals surface area (Å²) in [7, 11) is 0. The molecule has 1 aromatic rings. The number of rotatable bonds is 7. The average Bonchev–Trinajstić information content (AvgIpc) is 2.52. The van der Waals surface area contributed by atoms with Crippen molar-refractivity contribution in [2.45, 2.75) is 27.2 Å². The number of hydrogen-bond acceptors (Lipinski definition) is 5. The Morgan fingerprint density at radius 3 is 2.43 bits per heavy atom. The van der Waals surface area contributed by atoms with Crippen LogP contribution in [-0.2, 0) is 4.74 Å². The Morgan fingerprint density at radius 1 is 1.09 bits per heavy atom. The minimum atomic E-state index is -0.750. The number of carbonyl (C=O) groups is 2. The van der Waals surface area contributed by atoms with E-state index in [1.807, 2.05) is 13.8 Å². The number of carbonyl (C=O) groups excluding carboxylic acids is 2. The van der Waals surface area contributed by atoms with E-state index in [1.165, 1.54) is 12.1 Å². The van der Waals surface area contributed by atoms with Crippen LogP contribution in [0.1, 0.15) is 37.6 Å². The number of hydrogen-bond donors (Lipinski definition) is 2. The van der Waals surface area contributed by atoms with Crippen LogP contribution in [0.5, 0.6) is 11.5 Å². The van der Waals surface area contributed by atoms with Crippen LogP contribution < -0.4 is 20.3 Å². The number of nitrogens with one attached hydrogen (secondary N) is 2. The van der Waals surface area contributed by atoms with Crippen molar-refractivity contribution >= 4 is 23.6 Å². The lowest BCUT2D eigenvalue weighted by molar-refractivity contribution is 0.0912. The van der Waals surface area contributed by atoms with Gasteiger partial charge >= 0.3 is 6.09 Å². The maximum atomic E-state index is 12.1. The van der Waals surface area contributed by atoms with Gasteiger partial charge in [0.15, 0.2) is 11.5 Å². The Morgan fingerprint density at radius 2 is 1.83 bits per heavy atom. The molecule has 1 aromatic carbocycles. The summed E-state index contributed by atoms with van der Waals surface area (Å²) in [6.07, 6.45) is 0.0630. The predicted molar refractivity (Wildman–Crippen MR) is 86.0 cm³/mol. The van der Waals surface area contributed by atoms with Crippen LogP contribution in [0.4, 0.5) is 4.79 Å². The van der Waals surface area contributed by atoms with Crippen LogP contribution in [0.15, 0.2) is 12.1 Å². The second-order valence-electron chi connectivity index (χ2n) is 4.37. The molecular formula is C15H21ClN2O5. The van der Waals surface area contributed by atoms with Crippen LogP contribution in [0.25, 0.3) is 0 Å². The lowest BCUT2D eigenvalue weighted by atomic mass is 10.2. The summed E-state index contributed by atoms with van der Waals surface area (Å²) in [6, 6.07) is 2.94. The molecule has 8 heteroatoms. The third-order valence-corrected chi connectivity index (χ3v) is 2.86. The van der Waals surface area contributed by atoms with Crippen molar-refractivity contribution < 1.29 is 23.8 Å². The van der Waals surface area contributed by atoms with E-state index < -0.39 is 12.0 Å². The topological polar surface area (TPSA) is 85.9 Å². The molecule has 0 saturated carbocycles. The summed E-state index contributed by atoms with van der Waals surface area (Å²) in [4.78, 5) is 23.2. The summed E-state index contributed by atoms with van der Waals surface area (Å²) in [5.74, 6) is 0.211. The number of benzene rings is 1. The molecule has 0 spiro atoms. The van der Waals surface area contributed by atoms with Gasteiger partial charge in [-0.3, -0.25) is 10.2 Å². The molecule has 0 aliphatic heterocycles. The van der Waals surface area contributed by atoms with Crippen molar-refractivity contribution in [1.82, 2.24) is 10.9 Å². The summed E-state index contributed by atoms with van der Waals surface area (Å²) in [6.45, 7) is 6.51. The zero-order valence-electron chi connectivity index (χ0n) is 13.4. The van der Waals surface area contributed by atoms with E-state index in [2.05, 4.69) is 15.6 Å². The third kappa shape index (κ3) is 5.86. The molecule has 1 rings (SSSR count). The fourth-order valence-electron chi connectivity index (χ4n) is 1.65. The second-order valence-corrected chi connectivity index (χ2v) is 4.77. The molecule has 0 aliphatic rings. The fraction of sp³-hybridized carbons (Fsp3) is 0.467. The average molecular weight is 345 g/mol. The van der Waals surface area contributed by atoms with Crippen molar-refractivity contribution in [3.05, 3.63) is 22.7 Å². The summed E-state index contributed by atoms with van der Waals surface area (Å²) in [5.41, 5.74) is 4.57. The molecule has 0 heterocycles. The third-order valence-electron chi connectivity index (χ3n) is 2.58. The summed E-state index contributed by atoms with van der Waals surface area (Å²) >= 11 is 6.17. The maximum Gasteiger partial charge on any atom is 0.426 e. The Bertz CT molecular complexity index is 551. The van der Waals surface area contributed by atoms with E-state index in [9.17, 15) is 9.59 Å². The molecule has 128 valence electrons. The van der Waals surface area contributed by atoms with Gasteiger partial charge in [0.05, 0.1) is 24.8 Å². The lowest BCUT2D eigenvalue weighted by Crippen LogP contribution is -2.41. The van der Waals surface area contributed by atoms with Crippen LogP contribution in [0.3, 0.4) is 0 Å². The highest BCUT2D eigenvalue weighted by Crippen LogP contribution is 2.36. The van der Waals surface area contributed by atoms with Gasteiger partial charge in [-0.15, -0.1) is 0 Å². The first kappa shape index (κ1) is 18.9. The molecule has 0 aromatic heterocycles. The Hall–Kier alpha value is -2.15. The first-order valence-electron chi connectivity index (χ1n) is 7.35. The zero-order chi connectivity index (χ0) is 17.2. The van der Waals surface area contributed by atoms with Crippen LogP contribution in [-0.4, -0.2) is 31.8 Å². The van der Waals surface area contributed by atoms with Gasteiger partial charge < -0.3 is 14.2 Å². The Kier molecular flexibility index (Phi) is 8.04. The van der Waals surface area contributed by atoms with E-state index in [0.717, 1.165) is 6.42 Å². The summed E-state index contributed by atoms with van der Waals surface area (Å²) in [5, 5.41) is 0.255. The predicted octanol–water partition coefficient (Wildman–Crippen LogP) is 2.92. The Labute approximate surface area is 140 Å². The molecule has 0 fully saturated rings. The van der Waals surface area contributed by atoms with E-state index in [-0.39, 0.29) is 17.2 Å². The molecule has 0 radical (unpaired) electrons. The van der Waals surface area contributed by atoms with Crippen molar-refractivity contribution in [3.8, 4) is 11.5 Å². The molecule has 7 nitrogen and oxygen atoms in total. The largest absolute Gasteiger partial charge is 0.490 e. The van der Waals surface area contributed by atoms with Gasteiger partial charge in [-0.05, 0) is 32.4 Å². The minimum Gasteiger partial charge on any atom is -0.490 e. The molecule has 0 unspecified atom stereocenters. The van der Waals surface area contributed by atoms with Crippen molar-refractivity contribution in [2.24, 2.45) is 0 Å². The van der Waals surface area contributed by atoms with Crippen molar-refractivity contribution in [1.29, 1.82) is 0 Å². The van der Waals surface area contributed by atoms with Gasteiger partial charge in [0.1, 0.15) is 0 Å². The van der Waals surface area contributed by atoms with Crippen LogP contribution in [0, 0.1) is 0 Å². The monoisotopic (exact) mass is 344 g/mol. The molecular weight excluding hydrogens is 324 g/mol. The van der Waals surface area contributed by atoms with E-state index >= 15 is 0 Å². The van der Waals surface area contributed by atoms with Gasteiger partial charge in [0.2, 0.25) is 0 Å². The van der Waals surface area contributed by atoms with Gasteiger partial charge in [-0.25, -0.2) is 10.2 Å². The van der Waals surface area contributed by atoms with Gasteiger partial charge in [-0.1, -0.05) is 18.5 Å². The van der Waals surface area contributed by atoms with Crippen molar-refractivity contribution in [3.63, 3.8) is 0 Å². The summed E-state index contributed by atoms with van der Waals surface area (Å²) < 4.78 is 15.7. The molecule has 0 atom stereocenters. The first-order valence-corrected chi connectivity index (χ1v) is 7.73. The van der Waals surface area contributed by atoms with E-state index in [0.29, 0.717) is 24.7 Å². The van der Waals surface area contributed by atoms with Gasteiger partial charge in [0.25, 0.3) is 5.91 Å². The van der Waals surface area contributed by atoms with Crippen LogP contribution in [0.2, 0.25) is 5.02 Å². The number of ether oxygens (including phenoxy) is 3. The molecule has 0 aliphatic carbocycles. The fourth-order valence-corrected chi connectivity index (χ4v) is 1.92. The van der Waals surface area contributed by atoms with Crippen LogP contribution >= 0.6 is 11.6 Å². The zero-order valence-corrected chi connectivity index (χ0v) is 14.2. The van der Waals surface area contributed by atoms with E-state index in [4.69, 9.17) is 21.1 Å². The lowest BCUT2D eigenvalue weighted by Gasteiger charge is -2.15. The minimum absolute atomic E-state index is 0.200. The molecule has 23 heavy (non-hydrogen) atoms. The van der Waals surface area contributed by atoms with Crippen molar-refractivity contribution in [2.75, 3.05) is 19.8 Å². The molecule has 0 saturated heterocycles. The molecule has 0 bridgehead atoms. The number of amides is 2. The van der Waals surface area contributed by atoms with Gasteiger partial charge in [0, 0.05) is 5.56 Å². The molecule has 2 amide bonds. The number of hydrazine groups is 1. The second kappa shape index (κ2) is 9.78. The van der Waals surface area contributed by atoms with E-state index in [1.54, 1.807) is 6.92 Å². The highest BCUT2D eigenvalue weighted by molar-refractivity contribution is 6.32.